The van der Waals surface area contributed by atoms with Crippen molar-refractivity contribution >= 4 is 22.1 Å². The maximum atomic E-state index is 12.0. The molecule has 7 nitrogen and oxygen atoms in total. The lowest BCUT2D eigenvalue weighted by molar-refractivity contribution is -0.384. The van der Waals surface area contributed by atoms with Crippen molar-refractivity contribution < 1.29 is 4.92 Å². The molecule has 2 aromatic carbocycles. The van der Waals surface area contributed by atoms with E-state index < -0.39 is 0 Å². The Morgan fingerprint density at radius 2 is 1.96 bits per heavy atom. The van der Waals surface area contributed by atoms with Gasteiger partial charge in [0.25, 0.3) is 11.2 Å². The molecule has 3 aromatic rings. The fourth-order valence-corrected chi connectivity index (χ4v) is 3.85. The molecule has 1 aliphatic rings. The summed E-state index contributed by atoms with van der Waals surface area (Å²) in [6, 6.07) is 12.6. The SMILES string of the molecule is CC1CCCCN1c1ccc(-c2n[nH]c(=O)c3ccccc23)cc1[N+](=O)[O-]. The van der Waals surface area contributed by atoms with Gasteiger partial charge in [-0.2, -0.15) is 5.10 Å². The van der Waals surface area contributed by atoms with Crippen LogP contribution in [0.3, 0.4) is 0 Å². The zero-order chi connectivity index (χ0) is 19.0. The van der Waals surface area contributed by atoms with Gasteiger partial charge in [-0.3, -0.25) is 14.9 Å². The molecule has 1 aliphatic heterocycles. The van der Waals surface area contributed by atoms with E-state index in [9.17, 15) is 14.9 Å². The number of nitrogens with one attached hydrogen (secondary N) is 1. The molecular formula is C20H20N4O3. The van der Waals surface area contributed by atoms with E-state index in [4.69, 9.17) is 0 Å². The van der Waals surface area contributed by atoms with Gasteiger partial charge in [0, 0.05) is 29.6 Å². The number of aromatic amines is 1. The molecule has 7 heteroatoms. The number of H-pyrrole nitrogens is 1. The number of nitrogens with zero attached hydrogens (tertiary/aromatic N) is 3. The average molecular weight is 364 g/mol. The van der Waals surface area contributed by atoms with Gasteiger partial charge in [-0.05, 0) is 38.3 Å². The van der Waals surface area contributed by atoms with Crippen molar-refractivity contribution in [2.75, 3.05) is 11.4 Å². The average Bonchev–Trinajstić information content (AvgIpc) is 2.68. The largest absolute Gasteiger partial charge is 0.363 e. The lowest BCUT2D eigenvalue weighted by atomic mass is 10.00. The van der Waals surface area contributed by atoms with Gasteiger partial charge in [0.1, 0.15) is 5.69 Å². The van der Waals surface area contributed by atoms with Crippen molar-refractivity contribution in [3.05, 3.63) is 62.9 Å². The predicted octanol–water partition coefficient (Wildman–Crippen LogP) is 3.88. The summed E-state index contributed by atoms with van der Waals surface area (Å²) >= 11 is 0. The summed E-state index contributed by atoms with van der Waals surface area (Å²) < 4.78 is 0. The molecule has 138 valence electrons. The Kier molecular flexibility index (Phi) is 4.35. The second-order valence-electron chi connectivity index (χ2n) is 6.95. The highest BCUT2D eigenvalue weighted by Crippen LogP contribution is 2.36. The second kappa shape index (κ2) is 6.83. The van der Waals surface area contributed by atoms with Crippen LogP contribution in [0.4, 0.5) is 11.4 Å². The molecule has 0 radical (unpaired) electrons. The van der Waals surface area contributed by atoms with Crippen LogP contribution in [0.1, 0.15) is 26.2 Å². The van der Waals surface area contributed by atoms with Crippen molar-refractivity contribution in [2.45, 2.75) is 32.2 Å². The fraction of sp³-hybridized carbons (Fsp3) is 0.300. The van der Waals surface area contributed by atoms with E-state index in [-0.39, 0.29) is 22.2 Å². The van der Waals surface area contributed by atoms with Crippen LogP contribution < -0.4 is 10.5 Å². The summed E-state index contributed by atoms with van der Waals surface area (Å²) in [6.07, 6.45) is 3.22. The highest BCUT2D eigenvalue weighted by atomic mass is 16.6. The molecule has 0 aliphatic carbocycles. The second-order valence-corrected chi connectivity index (χ2v) is 6.95. The topological polar surface area (TPSA) is 92.1 Å². The van der Waals surface area contributed by atoms with Crippen molar-refractivity contribution in [3.63, 3.8) is 0 Å². The van der Waals surface area contributed by atoms with E-state index in [1.807, 2.05) is 12.1 Å². The number of fused-ring (bicyclic) bond motifs is 1. The van der Waals surface area contributed by atoms with Gasteiger partial charge >= 0.3 is 0 Å². The third kappa shape index (κ3) is 3.05. The molecule has 0 spiro atoms. The number of piperidine rings is 1. The lowest BCUT2D eigenvalue weighted by Crippen LogP contribution is -2.37. The van der Waals surface area contributed by atoms with Crippen LogP contribution in [-0.2, 0) is 0 Å². The normalized spacial score (nSPS) is 17.2. The van der Waals surface area contributed by atoms with Crippen LogP contribution in [-0.4, -0.2) is 27.7 Å². The number of hydrogen-bond acceptors (Lipinski definition) is 5. The molecule has 2 heterocycles. The first-order chi connectivity index (χ1) is 13.1. The van der Waals surface area contributed by atoms with Crippen molar-refractivity contribution in [2.24, 2.45) is 0 Å². The van der Waals surface area contributed by atoms with Gasteiger partial charge in [0.05, 0.1) is 16.0 Å². The van der Waals surface area contributed by atoms with E-state index in [2.05, 4.69) is 22.0 Å². The zero-order valence-electron chi connectivity index (χ0n) is 15.0. The fourth-order valence-electron chi connectivity index (χ4n) is 3.85. The minimum atomic E-state index is -0.339. The van der Waals surface area contributed by atoms with Crippen molar-refractivity contribution in [3.8, 4) is 11.3 Å². The van der Waals surface area contributed by atoms with Crippen LogP contribution in [0.15, 0.2) is 47.3 Å². The highest BCUT2D eigenvalue weighted by molar-refractivity contribution is 5.94. The van der Waals surface area contributed by atoms with E-state index in [1.54, 1.807) is 30.3 Å². The van der Waals surface area contributed by atoms with Crippen LogP contribution in [0.25, 0.3) is 22.0 Å². The highest BCUT2D eigenvalue weighted by Gasteiger charge is 2.26. The van der Waals surface area contributed by atoms with Gasteiger partial charge in [-0.15, -0.1) is 0 Å². The first kappa shape index (κ1) is 17.2. The van der Waals surface area contributed by atoms with Gasteiger partial charge < -0.3 is 4.90 Å². The van der Waals surface area contributed by atoms with Gasteiger partial charge in [-0.1, -0.05) is 24.3 Å². The van der Waals surface area contributed by atoms with Gasteiger partial charge in [-0.25, -0.2) is 5.10 Å². The molecule has 1 N–H and O–H groups in total. The molecule has 1 saturated heterocycles. The van der Waals surface area contributed by atoms with Crippen molar-refractivity contribution in [1.82, 2.24) is 10.2 Å². The number of hydrogen-bond donors (Lipinski definition) is 1. The summed E-state index contributed by atoms with van der Waals surface area (Å²) in [4.78, 5) is 25.5. The lowest BCUT2D eigenvalue weighted by Gasteiger charge is -2.35. The summed E-state index contributed by atoms with van der Waals surface area (Å²) in [5.41, 5.74) is 1.58. The Bertz CT molecular complexity index is 1080. The third-order valence-electron chi connectivity index (χ3n) is 5.25. The quantitative estimate of drug-likeness (QED) is 0.562. The first-order valence-corrected chi connectivity index (χ1v) is 9.09. The van der Waals surface area contributed by atoms with Crippen LogP contribution >= 0.6 is 0 Å². The minimum absolute atomic E-state index is 0.0679. The maximum Gasteiger partial charge on any atom is 0.293 e. The first-order valence-electron chi connectivity index (χ1n) is 9.09. The minimum Gasteiger partial charge on any atom is -0.363 e. The van der Waals surface area contributed by atoms with E-state index in [1.165, 1.54) is 0 Å². The summed E-state index contributed by atoms with van der Waals surface area (Å²) in [7, 11) is 0. The number of nitro benzene ring substituents is 1. The Balaban J connectivity index is 1.87. The molecule has 4 rings (SSSR count). The summed E-state index contributed by atoms with van der Waals surface area (Å²) in [6.45, 7) is 2.93. The van der Waals surface area contributed by atoms with E-state index in [0.717, 1.165) is 25.8 Å². The van der Waals surface area contributed by atoms with E-state index >= 15 is 0 Å². The standard InChI is InChI=1S/C20H20N4O3/c1-13-6-4-5-11-23(13)17-10-9-14(12-18(17)24(26)27)19-15-7-2-3-8-16(15)20(25)22-21-19/h2-3,7-10,12-13H,4-6,11H2,1H3,(H,22,25). The Hall–Kier alpha value is -3.22. The molecule has 1 atom stereocenters. The van der Waals surface area contributed by atoms with Crippen LogP contribution in [0.2, 0.25) is 0 Å². The summed E-state index contributed by atoms with van der Waals surface area (Å²) in [5.74, 6) is 0. The van der Waals surface area contributed by atoms with Gasteiger partial charge in [0.15, 0.2) is 0 Å². The molecule has 0 amide bonds. The summed E-state index contributed by atoms with van der Waals surface area (Å²) in [5, 5.41) is 19.6. The predicted molar refractivity (Wildman–Crippen MR) is 105 cm³/mol. The molecule has 1 aromatic heterocycles. The monoisotopic (exact) mass is 364 g/mol. The maximum absolute atomic E-state index is 12.0. The van der Waals surface area contributed by atoms with Crippen LogP contribution in [0.5, 0.6) is 0 Å². The number of benzene rings is 2. The number of rotatable bonds is 3. The smallest absolute Gasteiger partial charge is 0.293 e. The zero-order valence-corrected chi connectivity index (χ0v) is 15.0. The molecular weight excluding hydrogens is 344 g/mol. The number of anilines is 1. The molecule has 0 bridgehead atoms. The van der Waals surface area contributed by atoms with Crippen LogP contribution in [0, 0.1) is 10.1 Å². The van der Waals surface area contributed by atoms with Crippen molar-refractivity contribution in [1.29, 1.82) is 0 Å². The Morgan fingerprint density at radius 1 is 1.19 bits per heavy atom. The van der Waals surface area contributed by atoms with Gasteiger partial charge in [0.2, 0.25) is 0 Å². The molecule has 0 saturated carbocycles. The number of nitro groups is 1. The van der Waals surface area contributed by atoms with E-state index in [0.29, 0.717) is 27.7 Å². The molecule has 27 heavy (non-hydrogen) atoms. The third-order valence-corrected chi connectivity index (χ3v) is 5.25. The number of aromatic nitrogens is 2. The molecule has 1 fully saturated rings. The molecule has 1 unspecified atom stereocenters. The Labute approximate surface area is 155 Å². The Morgan fingerprint density at radius 3 is 2.70 bits per heavy atom.